The summed E-state index contributed by atoms with van der Waals surface area (Å²) in [7, 11) is 1.48. The molecule has 5 nitrogen and oxygen atoms in total. The number of halogens is 2. The quantitative estimate of drug-likeness (QED) is 0.451. The summed E-state index contributed by atoms with van der Waals surface area (Å²) in [5, 5.41) is 4.54. The van der Waals surface area contributed by atoms with Gasteiger partial charge in [-0.15, -0.1) is 0 Å². The number of ether oxygens (including phenoxy) is 1. The van der Waals surface area contributed by atoms with Crippen LogP contribution in [-0.2, 0) is 19.2 Å². The number of oxime groups is 1. The van der Waals surface area contributed by atoms with E-state index in [9.17, 15) is 9.59 Å². The van der Waals surface area contributed by atoms with E-state index >= 15 is 0 Å². The summed E-state index contributed by atoms with van der Waals surface area (Å²) >= 11 is 12.5. The predicted molar refractivity (Wildman–Crippen MR) is 90.7 cm³/mol. The van der Waals surface area contributed by atoms with Gasteiger partial charge in [0.25, 0.3) is 0 Å². The number of carbonyl (C=O) groups excluding carboxylic acids is 2. The van der Waals surface area contributed by atoms with Crippen LogP contribution in [0.4, 0.5) is 0 Å². The maximum Gasteiger partial charge on any atom is 0.322 e. The highest BCUT2D eigenvalue weighted by molar-refractivity contribution is 6.37. The Morgan fingerprint density at radius 3 is 2.33 bits per heavy atom. The maximum absolute atomic E-state index is 13.0. The molecule has 0 bridgehead atoms. The fourth-order valence-corrected chi connectivity index (χ4v) is 4.23. The third kappa shape index (κ3) is 2.80. The zero-order valence-corrected chi connectivity index (χ0v) is 14.9. The lowest BCUT2D eigenvalue weighted by Gasteiger charge is -2.30. The van der Waals surface area contributed by atoms with Crippen LogP contribution in [0, 0.1) is 6.92 Å². The molecule has 1 saturated carbocycles. The minimum atomic E-state index is -1.11. The normalized spacial score (nSPS) is 26.7. The van der Waals surface area contributed by atoms with Gasteiger partial charge in [-0.25, -0.2) is 0 Å². The van der Waals surface area contributed by atoms with Crippen molar-refractivity contribution in [1.29, 1.82) is 0 Å². The molecule has 1 unspecified atom stereocenters. The van der Waals surface area contributed by atoms with Crippen molar-refractivity contribution in [3.05, 3.63) is 33.3 Å². The Hall–Kier alpha value is -1.59. The first-order valence-electron chi connectivity index (χ1n) is 7.69. The molecule has 0 N–H and O–H groups in total. The number of benzene rings is 1. The van der Waals surface area contributed by atoms with E-state index < -0.39 is 17.5 Å². The molecule has 1 heterocycles. The van der Waals surface area contributed by atoms with Crippen LogP contribution in [0.25, 0.3) is 0 Å². The lowest BCUT2D eigenvalue weighted by atomic mass is 9.77. The summed E-state index contributed by atoms with van der Waals surface area (Å²) < 4.78 is 5.53. The largest absolute Gasteiger partial charge is 0.450 e. The monoisotopic (exact) mass is 369 g/mol. The molecule has 2 aliphatic rings. The van der Waals surface area contributed by atoms with Crippen LogP contribution in [0.3, 0.4) is 0 Å². The number of carbonyl (C=O) groups is 2. The fraction of sp³-hybridized carbons (Fsp3) is 0.471. The molecule has 1 atom stereocenters. The smallest absolute Gasteiger partial charge is 0.322 e. The zero-order valence-electron chi connectivity index (χ0n) is 13.4. The summed E-state index contributed by atoms with van der Waals surface area (Å²) in [6, 6.07) is 3.39. The second kappa shape index (κ2) is 6.37. The van der Waals surface area contributed by atoms with Gasteiger partial charge in [0.05, 0.1) is 5.71 Å². The molecule has 1 spiro atoms. The van der Waals surface area contributed by atoms with Gasteiger partial charge in [0.2, 0.25) is 0 Å². The lowest BCUT2D eigenvalue weighted by Crippen LogP contribution is -2.41. The number of hydrogen-bond acceptors (Lipinski definition) is 5. The Labute approximate surface area is 149 Å². The molecule has 0 amide bonds. The van der Waals surface area contributed by atoms with Crippen molar-refractivity contribution in [3.63, 3.8) is 0 Å². The Morgan fingerprint density at radius 1 is 1.21 bits per heavy atom. The van der Waals surface area contributed by atoms with Gasteiger partial charge in [-0.05, 0) is 50.3 Å². The average molecular weight is 370 g/mol. The summed E-state index contributed by atoms with van der Waals surface area (Å²) in [5.74, 6) is -1.91. The van der Waals surface area contributed by atoms with Crippen molar-refractivity contribution in [2.24, 2.45) is 5.16 Å². The van der Waals surface area contributed by atoms with E-state index in [-0.39, 0.29) is 5.78 Å². The van der Waals surface area contributed by atoms with Gasteiger partial charge >= 0.3 is 5.97 Å². The Kier molecular flexibility index (Phi) is 4.58. The number of hydrogen-bond donors (Lipinski definition) is 0. The van der Waals surface area contributed by atoms with Crippen LogP contribution in [0.1, 0.15) is 42.7 Å². The highest BCUT2D eigenvalue weighted by Crippen LogP contribution is 2.46. The minimum absolute atomic E-state index is 0.267. The average Bonchev–Trinajstić information content (AvgIpc) is 2.74. The molecule has 2 fully saturated rings. The Bertz CT molecular complexity index is 711. The molecule has 1 aromatic carbocycles. The number of rotatable bonds is 2. The van der Waals surface area contributed by atoms with Crippen LogP contribution >= 0.6 is 23.2 Å². The molecule has 1 aliphatic carbocycles. The summed E-state index contributed by atoms with van der Waals surface area (Å²) in [6.45, 7) is 1.84. The molecule has 1 aliphatic heterocycles. The van der Waals surface area contributed by atoms with Gasteiger partial charge < -0.3 is 9.57 Å². The molecule has 24 heavy (non-hydrogen) atoms. The zero-order chi connectivity index (χ0) is 17.5. The summed E-state index contributed by atoms with van der Waals surface area (Å²) in [5.41, 5.74) is 0.959. The lowest BCUT2D eigenvalue weighted by molar-refractivity contribution is -0.153. The summed E-state index contributed by atoms with van der Waals surface area (Å²) in [6.07, 6.45) is 1.90. The van der Waals surface area contributed by atoms with Crippen molar-refractivity contribution in [3.8, 4) is 0 Å². The molecule has 0 aromatic heterocycles. The van der Waals surface area contributed by atoms with E-state index in [0.717, 1.165) is 11.3 Å². The SMILES string of the molecule is CON=C1CCC2(CC1)OC(=O)C(c1c(Cl)cc(C)cc1Cl)C2=O. The molecule has 0 radical (unpaired) electrons. The van der Waals surface area contributed by atoms with Crippen molar-refractivity contribution in [2.75, 3.05) is 7.11 Å². The summed E-state index contributed by atoms with van der Waals surface area (Å²) in [4.78, 5) is 30.2. The van der Waals surface area contributed by atoms with E-state index in [1.54, 1.807) is 12.1 Å². The second-order valence-corrected chi connectivity index (χ2v) is 7.01. The topological polar surface area (TPSA) is 65.0 Å². The van der Waals surface area contributed by atoms with E-state index in [1.165, 1.54) is 7.11 Å². The molecule has 1 aromatic rings. The molecule has 1 saturated heterocycles. The highest BCUT2D eigenvalue weighted by atomic mass is 35.5. The highest BCUT2D eigenvalue weighted by Gasteiger charge is 2.57. The fourth-order valence-electron chi connectivity index (χ4n) is 3.42. The number of ketones is 1. The van der Waals surface area contributed by atoms with Crippen LogP contribution in [0.5, 0.6) is 0 Å². The predicted octanol–water partition coefficient (Wildman–Crippen LogP) is 3.83. The van der Waals surface area contributed by atoms with Gasteiger partial charge in [0, 0.05) is 15.6 Å². The minimum Gasteiger partial charge on any atom is -0.450 e. The van der Waals surface area contributed by atoms with Crippen LogP contribution in [0.15, 0.2) is 17.3 Å². The van der Waals surface area contributed by atoms with Crippen molar-refractivity contribution >= 4 is 40.7 Å². The third-order valence-electron chi connectivity index (χ3n) is 4.61. The first-order valence-corrected chi connectivity index (χ1v) is 8.45. The van der Waals surface area contributed by atoms with Gasteiger partial charge in [-0.1, -0.05) is 28.4 Å². The van der Waals surface area contributed by atoms with Crippen molar-refractivity contribution < 1.29 is 19.2 Å². The Balaban J connectivity index is 1.93. The maximum atomic E-state index is 13.0. The van der Waals surface area contributed by atoms with Gasteiger partial charge in [0.1, 0.15) is 13.0 Å². The molecular weight excluding hydrogens is 353 g/mol. The second-order valence-electron chi connectivity index (χ2n) is 6.19. The number of aryl methyl sites for hydroxylation is 1. The first kappa shape index (κ1) is 17.2. The van der Waals surface area contributed by atoms with Crippen molar-refractivity contribution in [2.45, 2.75) is 44.1 Å². The van der Waals surface area contributed by atoms with E-state index in [1.807, 2.05) is 6.92 Å². The first-order chi connectivity index (χ1) is 11.4. The van der Waals surface area contributed by atoms with E-state index in [0.29, 0.717) is 41.3 Å². The van der Waals surface area contributed by atoms with Gasteiger partial charge in [0.15, 0.2) is 11.4 Å². The van der Waals surface area contributed by atoms with Crippen LogP contribution in [0.2, 0.25) is 10.0 Å². The molecule has 3 rings (SSSR count). The molecule has 7 heteroatoms. The van der Waals surface area contributed by atoms with Crippen LogP contribution in [-0.4, -0.2) is 30.2 Å². The van der Waals surface area contributed by atoms with Crippen LogP contribution < -0.4 is 0 Å². The Morgan fingerprint density at radius 2 is 1.79 bits per heavy atom. The number of esters is 1. The van der Waals surface area contributed by atoms with E-state index in [4.69, 9.17) is 32.8 Å². The van der Waals surface area contributed by atoms with E-state index in [2.05, 4.69) is 5.16 Å². The standard InChI is InChI=1S/C17H17Cl2NO4/c1-9-7-11(18)13(12(19)8-9)14-15(21)17(24-16(14)22)5-3-10(4-6-17)20-23-2/h7-8,14H,3-6H2,1-2H3. The number of nitrogens with zero attached hydrogens (tertiary/aromatic N) is 1. The molecule has 128 valence electrons. The number of Topliss-reactive ketones (excluding diaryl/α,β-unsaturated/α-hetero) is 1. The van der Waals surface area contributed by atoms with Crippen molar-refractivity contribution in [1.82, 2.24) is 0 Å². The third-order valence-corrected chi connectivity index (χ3v) is 5.24. The van der Waals surface area contributed by atoms with Gasteiger partial charge in [-0.2, -0.15) is 0 Å². The molecular formula is C17H17Cl2NO4. The van der Waals surface area contributed by atoms with Gasteiger partial charge in [-0.3, -0.25) is 9.59 Å².